The van der Waals surface area contributed by atoms with Crippen molar-refractivity contribution in [3.63, 3.8) is 0 Å². The Morgan fingerprint density at radius 2 is 1.88 bits per heavy atom. The predicted octanol–water partition coefficient (Wildman–Crippen LogP) is 2.44. The average molecular weight is 366 g/mol. The molecule has 1 unspecified atom stereocenters. The molecule has 0 aromatic heterocycles. The quantitative estimate of drug-likeness (QED) is 0.807. The van der Waals surface area contributed by atoms with E-state index >= 15 is 0 Å². The first-order valence-corrected chi connectivity index (χ1v) is 7.76. The number of carbonyl (C=O) groups excluding carboxylic acids is 1. The van der Waals surface area contributed by atoms with E-state index in [1.165, 1.54) is 0 Å². The minimum atomic E-state index is -4.49. The van der Waals surface area contributed by atoms with Crippen LogP contribution in [0.2, 0.25) is 5.02 Å². The molecule has 5 nitrogen and oxygen atoms in total. The SMILES string of the molecule is O=C(Cc1cc2c(cc1Cl)OCCO2)N1CCOC(C(F)(F)F)C1. The van der Waals surface area contributed by atoms with Gasteiger partial charge in [-0.2, -0.15) is 13.2 Å². The van der Waals surface area contributed by atoms with Crippen molar-refractivity contribution in [1.29, 1.82) is 0 Å². The molecule has 1 atom stereocenters. The van der Waals surface area contributed by atoms with Gasteiger partial charge in [0.1, 0.15) is 13.2 Å². The molecule has 1 amide bonds. The third-order valence-electron chi connectivity index (χ3n) is 3.84. The Labute approximate surface area is 141 Å². The molecule has 0 saturated carbocycles. The van der Waals surface area contributed by atoms with Crippen molar-refractivity contribution in [2.24, 2.45) is 0 Å². The van der Waals surface area contributed by atoms with Gasteiger partial charge in [-0.05, 0) is 11.6 Å². The summed E-state index contributed by atoms with van der Waals surface area (Å²) >= 11 is 6.13. The highest BCUT2D eigenvalue weighted by Crippen LogP contribution is 2.36. The van der Waals surface area contributed by atoms with Crippen molar-refractivity contribution in [2.45, 2.75) is 18.7 Å². The highest BCUT2D eigenvalue weighted by molar-refractivity contribution is 6.31. The Bertz CT molecular complexity index is 638. The highest BCUT2D eigenvalue weighted by Gasteiger charge is 2.44. The standard InChI is InChI=1S/C15H15ClF3NO4/c16-10-7-12-11(22-3-4-23-12)5-9(10)6-14(21)20-1-2-24-13(8-20)15(17,18)19/h5,7,13H,1-4,6,8H2. The minimum Gasteiger partial charge on any atom is -0.486 e. The molecule has 1 fully saturated rings. The molecule has 0 radical (unpaired) electrons. The van der Waals surface area contributed by atoms with Gasteiger partial charge in [0.15, 0.2) is 17.6 Å². The van der Waals surface area contributed by atoms with Crippen LogP contribution in [0.4, 0.5) is 13.2 Å². The number of fused-ring (bicyclic) bond motifs is 1. The number of nitrogens with zero attached hydrogens (tertiary/aromatic N) is 1. The number of rotatable bonds is 2. The molecule has 24 heavy (non-hydrogen) atoms. The zero-order chi connectivity index (χ0) is 17.3. The van der Waals surface area contributed by atoms with E-state index in [0.717, 1.165) is 4.90 Å². The Balaban J connectivity index is 1.70. The van der Waals surface area contributed by atoms with Crippen LogP contribution in [-0.2, 0) is 16.0 Å². The molecule has 132 valence electrons. The van der Waals surface area contributed by atoms with Crippen LogP contribution in [0.3, 0.4) is 0 Å². The van der Waals surface area contributed by atoms with Gasteiger partial charge in [0, 0.05) is 17.6 Å². The van der Waals surface area contributed by atoms with Crippen molar-refractivity contribution in [2.75, 3.05) is 32.9 Å². The minimum absolute atomic E-state index is 0.111. The number of ether oxygens (including phenoxy) is 3. The van der Waals surface area contributed by atoms with E-state index in [1.54, 1.807) is 12.1 Å². The van der Waals surface area contributed by atoms with Crippen LogP contribution in [0.15, 0.2) is 12.1 Å². The van der Waals surface area contributed by atoms with E-state index in [2.05, 4.69) is 4.74 Å². The normalized spacial score (nSPS) is 20.8. The van der Waals surface area contributed by atoms with Gasteiger partial charge in [-0.25, -0.2) is 0 Å². The van der Waals surface area contributed by atoms with Crippen LogP contribution in [0.5, 0.6) is 11.5 Å². The van der Waals surface area contributed by atoms with Gasteiger partial charge in [-0.3, -0.25) is 4.79 Å². The van der Waals surface area contributed by atoms with E-state index in [1.807, 2.05) is 0 Å². The van der Waals surface area contributed by atoms with Gasteiger partial charge in [0.2, 0.25) is 5.91 Å². The maximum atomic E-state index is 12.7. The third kappa shape index (κ3) is 3.70. The Morgan fingerprint density at radius 3 is 2.54 bits per heavy atom. The predicted molar refractivity (Wildman–Crippen MR) is 78.5 cm³/mol. The summed E-state index contributed by atoms with van der Waals surface area (Å²) in [5.41, 5.74) is 0.487. The molecular weight excluding hydrogens is 351 g/mol. The molecule has 2 aliphatic heterocycles. The molecule has 1 saturated heterocycles. The summed E-state index contributed by atoms with van der Waals surface area (Å²) in [6.07, 6.45) is -6.56. The van der Waals surface area contributed by atoms with E-state index in [9.17, 15) is 18.0 Å². The van der Waals surface area contributed by atoms with Gasteiger partial charge in [-0.15, -0.1) is 0 Å². The van der Waals surface area contributed by atoms with E-state index in [0.29, 0.717) is 35.3 Å². The molecule has 0 N–H and O–H groups in total. The van der Waals surface area contributed by atoms with Gasteiger partial charge in [0.05, 0.1) is 19.6 Å². The second kappa shape index (κ2) is 6.68. The second-order valence-electron chi connectivity index (χ2n) is 5.50. The highest BCUT2D eigenvalue weighted by atomic mass is 35.5. The monoisotopic (exact) mass is 365 g/mol. The van der Waals surface area contributed by atoms with Crippen molar-refractivity contribution >= 4 is 17.5 Å². The molecule has 1 aromatic carbocycles. The van der Waals surface area contributed by atoms with Crippen LogP contribution in [0, 0.1) is 0 Å². The number of amides is 1. The number of morpholine rings is 1. The van der Waals surface area contributed by atoms with Crippen molar-refractivity contribution in [3.05, 3.63) is 22.7 Å². The molecule has 9 heteroatoms. The Morgan fingerprint density at radius 1 is 1.21 bits per heavy atom. The lowest BCUT2D eigenvalue weighted by atomic mass is 10.1. The van der Waals surface area contributed by atoms with Crippen molar-refractivity contribution in [3.8, 4) is 11.5 Å². The summed E-state index contributed by atoms with van der Waals surface area (Å²) in [7, 11) is 0. The largest absolute Gasteiger partial charge is 0.486 e. The fraction of sp³-hybridized carbons (Fsp3) is 0.533. The molecule has 0 bridgehead atoms. The number of halogens is 4. The number of benzene rings is 1. The topological polar surface area (TPSA) is 48.0 Å². The first kappa shape index (κ1) is 17.2. The maximum Gasteiger partial charge on any atom is 0.416 e. The first-order chi connectivity index (χ1) is 11.3. The number of hydrogen-bond donors (Lipinski definition) is 0. The second-order valence-corrected chi connectivity index (χ2v) is 5.91. The first-order valence-electron chi connectivity index (χ1n) is 7.38. The van der Waals surface area contributed by atoms with E-state index < -0.39 is 24.7 Å². The lowest BCUT2D eigenvalue weighted by Gasteiger charge is -2.34. The lowest BCUT2D eigenvalue weighted by molar-refractivity contribution is -0.236. The molecule has 0 spiro atoms. The molecule has 3 rings (SSSR count). The summed E-state index contributed by atoms with van der Waals surface area (Å²) in [6.45, 7) is 0.260. The third-order valence-corrected chi connectivity index (χ3v) is 4.19. The van der Waals surface area contributed by atoms with E-state index in [-0.39, 0.29) is 19.6 Å². The fourth-order valence-corrected chi connectivity index (χ4v) is 2.81. The zero-order valence-electron chi connectivity index (χ0n) is 12.6. The summed E-state index contributed by atoms with van der Waals surface area (Å²) in [4.78, 5) is 13.5. The van der Waals surface area contributed by atoms with Gasteiger partial charge in [-0.1, -0.05) is 11.6 Å². The van der Waals surface area contributed by atoms with Crippen LogP contribution in [0.1, 0.15) is 5.56 Å². The van der Waals surface area contributed by atoms with Crippen LogP contribution >= 0.6 is 11.6 Å². The number of alkyl halides is 3. The fourth-order valence-electron chi connectivity index (χ4n) is 2.59. The molecule has 1 aromatic rings. The summed E-state index contributed by atoms with van der Waals surface area (Å²) in [5, 5.41) is 0.313. The van der Waals surface area contributed by atoms with Gasteiger partial charge in [0.25, 0.3) is 0 Å². The van der Waals surface area contributed by atoms with Crippen LogP contribution in [-0.4, -0.2) is 56.0 Å². The maximum absolute atomic E-state index is 12.7. The van der Waals surface area contributed by atoms with E-state index in [4.69, 9.17) is 21.1 Å². The average Bonchev–Trinajstić information content (AvgIpc) is 2.55. The number of hydrogen-bond acceptors (Lipinski definition) is 4. The molecule has 0 aliphatic carbocycles. The lowest BCUT2D eigenvalue weighted by Crippen LogP contribution is -2.51. The van der Waals surface area contributed by atoms with Gasteiger partial charge >= 0.3 is 6.18 Å². The zero-order valence-corrected chi connectivity index (χ0v) is 13.3. The smallest absolute Gasteiger partial charge is 0.416 e. The molecule has 2 heterocycles. The number of carbonyl (C=O) groups is 1. The van der Waals surface area contributed by atoms with Gasteiger partial charge < -0.3 is 19.1 Å². The van der Waals surface area contributed by atoms with Crippen molar-refractivity contribution < 1.29 is 32.2 Å². The summed E-state index contributed by atoms with van der Waals surface area (Å²) in [6, 6.07) is 3.15. The van der Waals surface area contributed by atoms with Crippen LogP contribution in [0.25, 0.3) is 0 Å². The van der Waals surface area contributed by atoms with Crippen molar-refractivity contribution in [1.82, 2.24) is 4.90 Å². The molecule has 2 aliphatic rings. The van der Waals surface area contributed by atoms with Crippen LogP contribution < -0.4 is 9.47 Å². The summed E-state index contributed by atoms with van der Waals surface area (Å²) < 4.78 is 53.7. The Kier molecular flexibility index (Phi) is 4.78. The molecular formula is C15H15ClF3NO4. The summed E-state index contributed by atoms with van der Waals surface area (Å²) in [5.74, 6) is 0.528. The Hall–Kier alpha value is -1.67.